The standard InChI is InChI=1S/4C10H9N3.2CHF3O3S.2Ag/c4*1-3-7-11-9(5-1)13-10-6-2-4-8-12-10;2*2-1(3,4)8(5,6)7;;/h4*1-8H,(H,11,12,13);2*(H,5,6,7);;/q;;;;;;2*+1/p-2. The summed E-state index contributed by atoms with van der Waals surface area (Å²) in [5.74, 6) is 6.45. The van der Waals surface area contributed by atoms with Crippen LogP contribution in [0.1, 0.15) is 0 Å². The van der Waals surface area contributed by atoms with Crippen LogP contribution in [-0.2, 0) is 65.0 Å². The number of nitrogens with one attached hydrogen (secondary N) is 4. The Balaban J connectivity index is 0.000000423. The number of halogens is 6. The molecule has 0 aliphatic rings. The van der Waals surface area contributed by atoms with E-state index in [1.165, 1.54) is 0 Å². The largest absolute Gasteiger partial charge is 1.00 e. The van der Waals surface area contributed by atoms with E-state index in [0.29, 0.717) is 0 Å². The third-order valence-corrected chi connectivity index (χ3v) is 8.04. The molecule has 0 saturated heterocycles. The number of rotatable bonds is 8. The molecule has 18 nitrogen and oxygen atoms in total. The van der Waals surface area contributed by atoms with Crippen molar-refractivity contribution in [1.82, 2.24) is 39.9 Å². The third-order valence-electron chi connectivity index (χ3n) is 6.91. The minimum Gasteiger partial charge on any atom is -0.741 e. The van der Waals surface area contributed by atoms with Gasteiger partial charge in [0, 0.05) is 49.6 Å². The molecular weight excluding hydrogens is 1160 g/mol. The second-order valence-electron chi connectivity index (χ2n) is 12.0. The maximum atomic E-state index is 10.7. The van der Waals surface area contributed by atoms with Crippen LogP contribution in [0, 0.1) is 0 Å². The molecule has 0 fully saturated rings. The van der Waals surface area contributed by atoms with Crippen molar-refractivity contribution in [3.63, 3.8) is 0 Å². The molecule has 8 aromatic heterocycles. The molecule has 0 bridgehead atoms. The molecule has 8 heterocycles. The van der Waals surface area contributed by atoms with E-state index in [2.05, 4.69) is 61.1 Å². The predicted octanol–water partition coefficient (Wildman–Crippen LogP) is 8.98. The molecular formula is C42H36Ag2F6N12O6S2. The smallest absolute Gasteiger partial charge is 0.741 e. The summed E-state index contributed by atoms with van der Waals surface area (Å²) in [4.78, 5) is 33.0. The number of hydrogen-bond donors (Lipinski definition) is 4. The zero-order valence-electron chi connectivity index (χ0n) is 35.2. The maximum Gasteiger partial charge on any atom is 1.00 e. The van der Waals surface area contributed by atoms with Crippen molar-refractivity contribution in [2.45, 2.75) is 11.0 Å². The Bertz CT molecular complexity index is 2310. The van der Waals surface area contributed by atoms with Gasteiger partial charge < -0.3 is 30.4 Å². The first kappa shape index (κ1) is 61.3. The first-order valence-electron chi connectivity index (χ1n) is 18.7. The van der Waals surface area contributed by atoms with Gasteiger partial charge in [0.05, 0.1) is 0 Å². The van der Waals surface area contributed by atoms with E-state index in [1.807, 2.05) is 146 Å². The molecule has 8 aromatic rings. The summed E-state index contributed by atoms with van der Waals surface area (Å²) in [6.07, 6.45) is 13.9. The molecule has 0 aromatic carbocycles. The molecule has 0 spiro atoms. The van der Waals surface area contributed by atoms with E-state index in [0.717, 1.165) is 46.5 Å². The molecule has 70 heavy (non-hydrogen) atoms. The molecule has 0 amide bonds. The van der Waals surface area contributed by atoms with Crippen molar-refractivity contribution < 1.29 is 97.0 Å². The Kier molecular flexibility index (Phi) is 28.2. The molecule has 376 valence electrons. The van der Waals surface area contributed by atoms with Gasteiger partial charge in [0.1, 0.15) is 46.5 Å². The fraction of sp³-hybridized carbons (Fsp3) is 0.0476. The Morgan fingerprint density at radius 1 is 0.300 bits per heavy atom. The minimum atomic E-state index is -6.09. The first-order chi connectivity index (χ1) is 32.3. The second-order valence-corrected chi connectivity index (χ2v) is 14.8. The Morgan fingerprint density at radius 2 is 0.414 bits per heavy atom. The molecule has 0 aliphatic heterocycles. The Morgan fingerprint density at radius 3 is 0.486 bits per heavy atom. The molecule has 0 unspecified atom stereocenters. The third kappa shape index (κ3) is 26.7. The van der Waals surface area contributed by atoms with E-state index in [9.17, 15) is 26.3 Å². The summed E-state index contributed by atoms with van der Waals surface area (Å²) in [5, 5.41) is 12.3. The molecule has 0 atom stereocenters. The summed E-state index contributed by atoms with van der Waals surface area (Å²) in [5.41, 5.74) is -11.3. The number of anilines is 8. The van der Waals surface area contributed by atoms with Gasteiger partial charge in [-0.05, 0) is 97.1 Å². The quantitative estimate of drug-likeness (QED) is 0.0478. The Labute approximate surface area is 428 Å². The van der Waals surface area contributed by atoms with Gasteiger partial charge in [-0.25, -0.2) is 56.7 Å². The van der Waals surface area contributed by atoms with Crippen LogP contribution in [0.4, 0.5) is 72.9 Å². The first-order valence-corrected chi connectivity index (χ1v) is 21.5. The molecule has 28 heteroatoms. The SMILES string of the molecule is O=S(=O)([O-])C(F)(F)F.O=S(=O)([O-])C(F)(F)F.[Ag+].[Ag+].c1ccc(Nc2ccccn2)nc1.c1ccc(Nc2ccccn2)nc1.c1ccc(Nc2ccccn2)nc1.c1ccc(Nc2ccccn2)nc1. The van der Waals surface area contributed by atoms with Crippen LogP contribution in [0.15, 0.2) is 195 Å². The van der Waals surface area contributed by atoms with Gasteiger partial charge in [-0.2, -0.15) is 26.3 Å². The average Bonchev–Trinajstić information content (AvgIpc) is 3.32. The number of pyridine rings is 8. The fourth-order valence-corrected chi connectivity index (χ4v) is 4.02. The van der Waals surface area contributed by atoms with Crippen molar-refractivity contribution in [3.05, 3.63) is 195 Å². The number of nitrogens with zero attached hydrogens (tertiary/aromatic N) is 8. The number of alkyl halides is 6. The van der Waals surface area contributed by atoms with E-state index in [4.69, 9.17) is 25.9 Å². The normalized spacial score (nSPS) is 10.3. The van der Waals surface area contributed by atoms with E-state index in [-0.39, 0.29) is 44.8 Å². The van der Waals surface area contributed by atoms with Crippen molar-refractivity contribution >= 4 is 66.8 Å². The van der Waals surface area contributed by atoms with Gasteiger partial charge >= 0.3 is 55.8 Å². The summed E-state index contributed by atoms with van der Waals surface area (Å²) in [6.45, 7) is 0. The predicted molar refractivity (Wildman–Crippen MR) is 239 cm³/mol. The van der Waals surface area contributed by atoms with Crippen LogP contribution < -0.4 is 21.3 Å². The van der Waals surface area contributed by atoms with Crippen LogP contribution in [-0.4, -0.2) is 76.8 Å². The summed E-state index contributed by atoms with van der Waals surface area (Å²) >= 11 is 0. The van der Waals surface area contributed by atoms with Crippen LogP contribution in [0.2, 0.25) is 0 Å². The fourth-order valence-electron chi connectivity index (χ4n) is 4.02. The summed E-state index contributed by atoms with van der Waals surface area (Å²) in [6, 6.07) is 45.6. The molecule has 0 radical (unpaired) electrons. The summed E-state index contributed by atoms with van der Waals surface area (Å²) < 4.78 is 118. The second kappa shape index (κ2) is 32.2. The van der Waals surface area contributed by atoms with E-state index in [1.54, 1.807) is 49.6 Å². The van der Waals surface area contributed by atoms with E-state index >= 15 is 0 Å². The number of aromatic nitrogens is 8. The van der Waals surface area contributed by atoms with Crippen LogP contribution in [0.3, 0.4) is 0 Å². The molecule has 0 aliphatic carbocycles. The van der Waals surface area contributed by atoms with Gasteiger partial charge in [0.15, 0.2) is 20.2 Å². The average molecular weight is 1200 g/mol. The van der Waals surface area contributed by atoms with Crippen LogP contribution >= 0.6 is 0 Å². The molecule has 8 rings (SSSR count). The molecule has 4 N–H and O–H groups in total. The topological polar surface area (TPSA) is 266 Å². The van der Waals surface area contributed by atoms with Gasteiger partial charge in [-0.3, -0.25) is 0 Å². The van der Waals surface area contributed by atoms with E-state index < -0.39 is 31.3 Å². The van der Waals surface area contributed by atoms with Crippen LogP contribution in [0.5, 0.6) is 0 Å². The maximum absolute atomic E-state index is 10.7. The summed E-state index contributed by atoms with van der Waals surface area (Å²) in [7, 11) is -12.2. The Hall–Kier alpha value is -6.72. The zero-order valence-corrected chi connectivity index (χ0v) is 39.8. The van der Waals surface area contributed by atoms with Gasteiger partial charge in [0.2, 0.25) is 0 Å². The van der Waals surface area contributed by atoms with Crippen LogP contribution in [0.25, 0.3) is 0 Å². The van der Waals surface area contributed by atoms with Crippen molar-refractivity contribution in [2.75, 3.05) is 21.3 Å². The molecule has 0 saturated carbocycles. The van der Waals surface area contributed by atoms with Gasteiger partial charge in [-0.15, -0.1) is 0 Å². The zero-order chi connectivity index (χ0) is 49.7. The van der Waals surface area contributed by atoms with Crippen molar-refractivity contribution in [1.29, 1.82) is 0 Å². The van der Waals surface area contributed by atoms with Gasteiger partial charge in [-0.1, -0.05) is 48.5 Å². The van der Waals surface area contributed by atoms with Crippen molar-refractivity contribution in [3.8, 4) is 0 Å². The minimum absolute atomic E-state index is 0. The monoisotopic (exact) mass is 1200 g/mol. The van der Waals surface area contributed by atoms with Gasteiger partial charge in [0.25, 0.3) is 0 Å². The van der Waals surface area contributed by atoms with Crippen molar-refractivity contribution in [2.24, 2.45) is 0 Å². The number of hydrogen-bond acceptors (Lipinski definition) is 18.